The third-order valence-electron chi connectivity index (χ3n) is 3.08. The number of hydrazone groups is 1. The van der Waals surface area contributed by atoms with Crippen LogP contribution < -0.4 is 14.9 Å². The quantitative estimate of drug-likeness (QED) is 0.687. The number of hydrogen-bond donors (Lipinski definition) is 1. The third-order valence-corrected chi connectivity index (χ3v) is 3.08. The minimum atomic E-state index is -0.337. The van der Waals surface area contributed by atoms with Crippen molar-refractivity contribution in [3.8, 4) is 11.5 Å². The van der Waals surface area contributed by atoms with Crippen LogP contribution in [0.25, 0.3) is 0 Å². The molecule has 0 atom stereocenters. The first-order valence-electron chi connectivity index (χ1n) is 6.31. The zero-order valence-corrected chi connectivity index (χ0v) is 11.5. The molecule has 0 saturated heterocycles. The van der Waals surface area contributed by atoms with Crippen molar-refractivity contribution in [1.82, 2.24) is 10.6 Å². The number of benzene rings is 1. The molecule has 2 heterocycles. The number of ether oxygens (including phenoxy) is 2. The second-order valence-electron chi connectivity index (χ2n) is 4.51. The average Bonchev–Trinajstić information content (AvgIpc) is 3.07. The number of aryl methyl sites for hydroxylation is 2. The molecule has 1 aliphatic heterocycles. The van der Waals surface area contributed by atoms with Crippen LogP contribution in [0, 0.1) is 13.8 Å². The van der Waals surface area contributed by atoms with E-state index in [-0.39, 0.29) is 12.7 Å². The SMILES string of the molecule is Cc1noc(C)c1/C=N\NC(=O)c1ccc2c(c1)OCO2. The summed E-state index contributed by atoms with van der Waals surface area (Å²) in [6.45, 7) is 3.75. The number of rotatable bonds is 3. The zero-order valence-electron chi connectivity index (χ0n) is 11.5. The van der Waals surface area contributed by atoms with Gasteiger partial charge in [-0.05, 0) is 32.0 Å². The van der Waals surface area contributed by atoms with E-state index in [9.17, 15) is 4.79 Å². The first-order valence-corrected chi connectivity index (χ1v) is 6.31. The first-order chi connectivity index (χ1) is 10.1. The van der Waals surface area contributed by atoms with E-state index >= 15 is 0 Å². The molecule has 0 aliphatic carbocycles. The molecule has 1 aromatic heterocycles. The molecule has 0 saturated carbocycles. The Kier molecular flexibility index (Phi) is 3.31. The molecule has 0 spiro atoms. The van der Waals surface area contributed by atoms with Gasteiger partial charge >= 0.3 is 0 Å². The van der Waals surface area contributed by atoms with Crippen LogP contribution in [0.2, 0.25) is 0 Å². The van der Waals surface area contributed by atoms with Crippen molar-refractivity contribution in [2.75, 3.05) is 6.79 Å². The van der Waals surface area contributed by atoms with Crippen molar-refractivity contribution < 1.29 is 18.8 Å². The molecular weight excluding hydrogens is 274 g/mol. The Morgan fingerprint density at radius 1 is 1.33 bits per heavy atom. The van der Waals surface area contributed by atoms with E-state index in [0.717, 1.165) is 5.56 Å². The van der Waals surface area contributed by atoms with E-state index in [1.807, 2.05) is 0 Å². The van der Waals surface area contributed by atoms with Gasteiger partial charge in [0.1, 0.15) is 5.76 Å². The molecule has 108 valence electrons. The van der Waals surface area contributed by atoms with Crippen molar-refractivity contribution >= 4 is 12.1 Å². The highest BCUT2D eigenvalue weighted by molar-refractivity contribution is 5.95. The van der Waals surface area contributed by atoms with Gasteiger partial charge in [-0.1, -0.05) is 5.16 Å². The lowest BCUT2D eigenvalue weighted by atomic mass is 10.2. The van der Waals surface area contributed by atoms with Crippen LogP contribution in [0.1, 0.15) is 27.4 Å². The summed E-state index contributed by atoms with van der Waals surface area (Å²) < 4.78 is 15.4. The fraction of sp³-hybridized carbons (Fsp3) is 0.214. The molecule has 0 unspecified atom stereocenters. The molecule has 0 bridgehead atoms. The second kappa shape index (κ2) is 5.28. The van der Waals surface area contributed by atoms with Crippen molar-refractivity contribution in [2.24, 2.45) is 5.10 Å². The lowest BCUT2D eigenvalue weighted by Gasteiger charge is -2.01. The number of amides is 1. The van der Waals surface area contributed by atoms with Crippen LogP contribution in [-0.4, -0.2) is 24.1 Å². The normalized spacial score (nSPS) is 12.9. The Balaban J connectivity index is 1.69. The highest BCUT2D eigenvalue weighted by atomic mass is 16.7. The summed E-state index contributed by atoms with van der Waals surface area (Å²) in [5, 5.41) is 7.71. The van der Waals surface area contributed by atoms with Crippen LogP contribution in [-0.2, 0) is 0 Å². The third kappa shape index (κ3) is 2.58. The molecule has 7 heteroatoms. The van der Waals surface area contributed by atoms with Crippen LogP contribution in [0.5, 0.6) is 11.5 Å². The molecule has 1 amide bonds. The molecule has 3 rings (SSSR count). The van der Waals surface area contributed by atoms with Gasteiger partial charge in [0.15, 0.2) is 11.5 Å². The van der Waals surface area contributed by atoms with Gasteiger partial charge in [0.2, 0.25) is 6.79 Å². The summed E-state index contributed by atoms with van der Waals surface area (Å²) in [5.74, 6) is 1.49. The van der Waals surface area contributed by atoms with Crippen molar-refractivity contribution in [2.45, 2.75) is 13.8 Å². The Morgan fingerprint density at radius 2 is 2.14 bits per heavy atom. The maximum absolute atomic E-state index is 12.0. The number of carbonyl (C=O) groups is 1. The van der Waals surface area contributed by atoms with Crippen LogP contribution in [0.3, 0.4) is 0 Å². The summed E-state index contributed by atoms with van der Waals surface area (Å²) in [7, 11) is 0. The lowest BCUT2D eigenvalue weighted by Crippen LogP contribution is -2.17. The Bertz CT molecular complexity index is 702. The average molecular weight is 287 g/mol. The molecular formula is C14H13N3O4. The summed E-state index contributed by atoms with van der Waals surface area (Å²) in [4.78, 5) is 12.0. The number of hydrogen-bond acceptors (Lipinski definition) is 6. The van der Waals surface area contributed by atoms with Gasteiger partial charge in [-0.3, -0.25) is 4.79 Å². The van der Waals surface area contributed by atoms with E-state index in [0.29, 0.717) is 28.5 Å². The predicted octanol–water partition coefficient (Wildman–Crippen LogP) is 1.78. The summed E-state index contributed by atoms with van der Waals surface area (Å²) in [6, 6.07) is 4.95. The number of carbonyl (C=O) groups excluding carboxylic acids is 1. The van der Waals surface area contributed by atoms with E-state index in [1.165, 1.54) is 6.21 Å². The fourth-order valence-corrected chi connectivity index (χ4v) is 1.93. The molecule has 1 aliphatic rings. The topological polar surface area (TPSA) is 86.0 Å². The molecule has 0 radical (unpaired) electrons. The molecule has 7 nitrogen and oxygen atoms in total. The minimum absolute atomic E-state index is 0.171. The summed E-state index contributed by atoms with van der Waals surface area (Å²) >= 11 is 0. The minimum Gasteiger partial charge on any atom is -0.454 e. The predicted molar refractivity (Wildman–Crippen MR) is 73.6 cm³/mol. The smallest absolute Gasteiger partial charge is 0.271 e. The Morgan fingerprint density at radius 3 is 2.90 bits per heavy atom. The fourth-order valence-electron chi connectivity index (χ4n) is 1.93. The van der Waals surface area contributed by atoms with Crippen molar-refractivity contribution in [3.63, 3.8) is 0 Å². The van der Waals surface area contributed by atoms with Crippen LogP contribution >= 0.6 is 0 Å². The van der Waals surface area contributed by atoms with E-state index in [1.54, 1.807) is 32.0 Å². The standard InChI is InChI=1S/C14H13N3O4/c1-8-11(9(2)21-17-8)6-15-16-14(18)10-3-4-12-13(5-10)20-7-19-12/h3-6H,7H2,1-2H3,(H,16,18)/b15-6-. The Labute approximate surface area is 120 Å². The van der Waals surface area contributed by atoms with Crippen LogP contribution in [0.15, 0.2) is 27.8 Å². The Hall–Kier alpha value is -2.83. The maximum atomic E-state index is 12.0. The van der Waals surface area contributed by atoms with Crippen LogP contribution in [0.4, 0.5) is 0 Å². The second-order valence-corrected chi connectivity index (χ2v) is 4.51. The highest BCUT2D eigenvalue weighted by Gasteiger charge is 2.16. The molecule has 21 heavy (non-hydrogen) atoms. The van der Waals surface area contributed by atoms with E-state index in [4.69, 9.17) is 14.0 Å². The number of aromatic nitrogens is 1. The maximum Gasteiger partial charge on any atom is 0.271 e. The first kappa shape index (κ1) is 13.2. The van der Waals surface area contributed by atoms with Crippen molar-refractivity contribution in [1.29, 1.82) is 0 Å². The van der Waals surface area contributed by atoms with Gasteiger partial charge in [0.05, 0.1) is 17.5 Å². The number of nitrogens with one attached hydrogen (secondary N) is 1. The highest BCUT2D eigenvalue weighted by Crippen LogP contribution is 2.32. The summed E-state index contributed by atoms with van der Waals surface area (Å²) in [5.41, 5.74) is 4.35. The molecule has 1 N–H and O–H groups in total. The molecule has 0 fully saturated rings. The van der Waals surface area contributed by atoms with Crippen molar-refractivity contribution in [3.05, 3.63) is 40.8 Å². The van der Waals surface area contributed by atoms with E-state index < -0.39 is 0 Å². The van der Waals surface area contributed by atoms with Gasteiger partial charge in [-0.15, -0.1) is 0 Å². The molecule has 1 aromatic carbocycles. The number of fused-ring (bicyclic) bond motifs is 1. The van der Waals surface area contributed by atoms with Gasteiger partial charge in [0, 0.05) is 5.56 Å². The monoisotopic (exact) mass is 287 g/mol. The van der Waals surface area contributed by atoms with Gasteiger partial charge < -0.3 is 14.0 Å². The van der Waals surface area contributed by atoms with Gasteiger partial charge in [0.25, 0.3) is 5.91 Å². The van der Waals surface area contributed by atoms with E-state index in [2.05, 4.69) is 15.7 Å². The lowest BCUT2D eigenvalue weighted by molar-refractivity contribution is 0.0954. The van der Waals surface area contributed by atoms with Gasteiger partial charge in [-0.25, -0.2) is 5.43 Å². The molecule has 2 aromatic rings. The van der Waals surface area contributed by atoms with Gasteiger partial charge in [-0.2, -0.15) is 5.10 Å². The number of nitrogens with zero attached hydrogens (tertiary/aromatic N) is 2. The zero-order chi connectivity index (χ0) is 14.8. The largest absolute Gasteiger partial charge is 0.454 e. The summed E-state index contributed by atoms with van der Waals surface area (Å²) in [6.07, 6.45) is 1.51.